The zero-order valence-electron chi connectivity index (χ0n) is 8.37. The van der Waals surface area contributed by atoms with E-state index in [2.05, 4.69) is 17.9 Å². The first-order valence-corrected chi connectivity index (χ1v) is 5.14. The van der Waals surface area contributed by atoms with Crippen molar-refractivity contribution in [3.8, 4) is 6.07 Å². The molecule has 13 heavy (non-hydrogen) atoms. The molecule has 0 aromatic rings. The molecule has 1 saturated heterocycles. The summed E-state index contributed by atoms with van der Waals surface area (Å²) in [4.78, 5) is 2.37. The molecule has 74 valence electrons. The number of hydrogen-bond acceptors (Lipinski definition) is 3. The molecule has 1 heterocycles. The van der Waals surface area contributed by atoms with Crippen LogP contribution in [0.3, 0.4) is 0 Å². The third-order valence-electron chi connectivity index (χ3n) is 2.80. The molecule has 0 aromatic heterocycles. The van der Waals surface area contributed by atoms with Crippen LogP contribution in [0, 0.1) is 11.3 Å². The van der Waals surface area contributed by atoms with Crippen molar-refractivity contribution < 1.29 is 0 Å². The van der Waals surface area contributed by atoms with Crippen molar-refractivity contribution in [1.82, 2.24) is 4.90 Å². The Morgan fingerprint density at radius 2 is 2.46 bits per heavy atom. The summed E-state index contributed by atoms with van der Waals surface area (Å²) in [5.41, 5.74) is 5.89. The lowest BCUT2D eigenvalue weighted by molar-refractivity contribution is 0.147. The number of nitrogens with zero attached hydrogens (tertiary/aromatic N) is 2. The van der Waals surface area contributed by atoms with Gasteiger partial charge in [-0.2, -0.15) is 5.26 Å². The van der Waals surface area contributed by atoms with E-state index in [1.165, 1.54) is 6.42 Å². The molecule has 0 amide bonds. The molecule has 0 spiro atoms. The van der Waals surface area contributed by atoms with Gasteiger partial charge >= 0.3 is 0 Å². The first-order chi connectivity index (χ1) is 6.27. The molecule has 1 aliphatic heterocycles. The second-order valence-corrected chi connectivity index (χ2v) is 3.82. The SMILES string of the molecule is CCC(CC#N)N1CCC[C@@H](N)C1. The molecular weight excluding hydrogens is 162 g/mol. The van der Waals surface area contributed by atoms with E-state index >= 15 is 0 Å². The lowest BCUT2D eigenvalue weighted by atomic mass is 10.0. The molecule has 3 nitrogen and oxygen atoms in total. The van der Waals surface area contributed by atoms with Crippen molar-refractivity contribution in [2.45, 2.75) is 44.7 Å². The molecule has 1 unspecified atom stereocenters. The van der Waals surface area contributed by atoms with Crippen LogP contribution in [0.2, 0.25) is 0 Å². The summed E-state index contributed by atoms with van der Waals surface area (Å²) >= 11 is 0. The van der Waals surface area contributed by atoms with Crippen molar-refractivity contribution >= 4 is 0 Å². The minimum atomic E-state index is 0.321. The lowest BCUT2D eigenvalue weighted by Crippen LogP contribution is -2.47. The van der Waals surface area contributed by atoms with Crippen LogP contribution in [0.4, 0.5) is 0 Å². The highest BCUT2D eigenvalue weighted by Crippen LogP contribution is 2.15. The molecule has 0 aliphatic carbocycles. The Hall–Kier alpha value is -0.590. The Bertz CT molecular complexity index is 185. The second kappa shape index (κ2) is 5.21. The third kappa shape index (κ3) is 2.98. The van der Waals surface area contributed by atoms with E-state index in [9.17, 15) is 0 Å². The molecule has 1 rings (SSSR count). The first-order valence-electron chi connectivity index (χ1n) is 5.14. The van der Waals surface area contributed by atoms with E-state index in [4.69, 9.17) is 11.0 Å². The standard InChI is InChI=1S/C10H19N3/c1-2-10(5-6-11)13-7-3-4-9(12)8-13/h9-10H,2-5,7-8,12H2,1H3/t9-,10?/m1/s1. The molecule has 3 heteroatoms. The van der Waals surface area contributed by atoms with Gasteiger partial charge in [0.1, 0.15) is 0 Å². The van der Waals surface area contributed by atoms with Crippen LogP contribution < -0.4 is 5.73 Å². The molecule has 0 aromatic carbocycles. The van der Waals surface area contributed by atoms with Gasteiger partial charge in [-0.25, -0.2) is 0 Å². The predicted molar refractivity (Wildman–Crippen MR) is 53.1 cm³/mol. The van der Waals surface area contributed by atoms with Gasteiger partial charge in [0.2, 0.25) is 0 Å². The van der Waals surface area contributed by atoms with Crippen molar-refractivity contribution in [2.24, 2.45) is 5.73 Å². The number of nitriles is 1. The van der Waals surface area contributed by atoms with Gasteiger partial charge in [-0.15, -0.1) is 0 Å². The van der Waals surface area contributed by atoms with Gasteiger partial charge in [-0.05, 0) is 25.8 Å². The lowest BCUT2D eigenvalue weighted by Gasteiger charge is -2.35. The van der Waals surface area contributed by atoms with Crippen LogP contribution in [0.5, 0.6) is 0 Å². The molecule has 1 aliphatic rings. The van der Waals surface area contributed by atoms with Gasteiger partial charge in [0.15, 0.2) is 0 Å². The fourth-order valence-corrected chi connectivity index (χ4v) is 2.01. The van der Waals surface area contributed by atoms with Crippen LogP contribution in [-0.2, 0) is 0 Å². The predicted octanol–water partition coefficient (Wildman–Crippen LogP) is 1.10. The minimum Gasteiger partial charge on any atom is -0.327 e. The van der Waals surface area contributed by atoms with Crippen LogP contribution in [0.25, 0.3) is 0 Å². The van der Waals surface area contributed by atoms with Gasteiger partial charge in [-0.1, -0.05) is 6.92 Å². The van der Waals surface area contributed by atoms with Gasteiger partial charge in [0.25, 0.3) is 0 Å². The highest BCUT2D eigenvalue weighted by Gasteiger charge is 2.22. The Kier molecular flexibility index (Phi) is 4.20. The Morgan fingerprint density at radius 3 is 3.00 bits per heavy atom. The topological polar surface area (TPSA) is 53.0 Å². The van der Waals surface area contributed by atoms with Crippen molar-refractivity contribution in [3.05, 3.63) is 0 Å². The number of nitrogens with two attached hydrogens (primary N) is 1. The van der Waals surface area contributed by atoms with Crippen molar-refractivity contribution in [1.29, 1.82) is 5.26 Å². The normalized spacial score (nSPS) is 26.7. The number of rotatable bonds is 3. The maximum atomic E-state index is 8.66. The van der Waals surface area contributed by atoms with Crippen LogP contribution >= 0.6 is 0 Å². The fraction of sp³-hybridized carbons (Fsp3) is 0.900. The van der Waals surface area contributed by atoms with E-state index in [0.717, 1.165) is 25.9 Å². The summed E-state index contributed by atoms with van der Waals surface area (Å²) in [6, 6.07) is 3.00. The highest BCUT2D eigenvalue weighted by atomic mass is 15.2. The summed E-state index contributed by atoms with van der Waals surface area (Å²) in [7, 11) is 0. The van der Waals surface area contributed by atoms with Gasteiger partial charge in [0.05, 0.1) is 12.5 Å². The van der Waals surface area contributed by atoms with E-state index in [1.807, 2.05) is 0 Å². The fourth-order valence-electron chi connectivity index (χ4n) is 2.01. The van der Waals surface area contributed by atoms with Crippen molar-refractivity contribution in [2.75, 3.05) is 13.1 Å². The number of piperidine rings is 1. The molecule has 0 bridgehead atoms. The molecule has 1 fully saturated rings. The van der Waals surface area contributed by atoms with E-state index in [1.54, 1.807) is 0 Å². The maximum absolute atomic E-state index is 8.66. The quantitative estimate of drug-likeness (QED) is 0.709. The average Bonchev–Trinajstić information content (AvgIpc) is 2.14. The summed E-state index contributed by atoms with van der Waals surface area (Å²) in [6.45, 7) is 4.23. The average molecular weight is 181 g/mol. The monoisotopic (exact) mass is 181 g/mol. The summed E-state index contributed by atoms with van der Waals surface area (Å²) < 4.78 is 0. The molecule has 2 atom stereocenters. The summed E-state index contributed by atoms with van der Waals surface area (Å²) in [6.07, 6.45) is 4.02. The van der Waals surface area contributed by atoms with Crippen molar-refractivity contribution in [3.63, 3.8) is 0 Å². The molecule has 2 N–H and O–H groups in total. The van der Waals surface area contributed by atoms with E-state index in [0.29, 0.717) is 18.5 Å². The third-order valence-corrected chi connectivity index (χ3v) is 2.80. The largest absolute Gasteiger partial charge is 0.327 e. The Balaban J connectivity index is 2.43. The van der Waals surface area contributed by atoms with Gasteiger partial charge < -0.3 is 5.73 Å². The van der Waals surface area contributed by atoms with Crippen LogP contribution in [-0.4, -0.2) is 30.1 Å². The second-order valence-electron chi connectivity index (χ2n) is 3.82. The first kappa shape index (κ1) is 10.5. The maximum Gasteiger partial charge on any atom is 0.0638 e. The van der Waals surface area contributed by atoms with Gasteiger partial charge in [0, 0.05) is 18.6 Å². The van der Waals surface area contributed by atoms with Gasteiger partial charge in [-0.3, -0.25) is 4.90 Å². The summed E-state index contributed by atoms with van der Waals surface area (Å²) in [5, 5.41) is 8.66. The van der Waals surface area contributed by atoms with E-state index in [-0.39, 0.29) is 0 Å². The summed E-state index contributed by atoms with van der Waals surface area (Å²) in [5.74, 6) is 0. The number of hydrogen-bond donors (Lipinski definition) is 1. The van der Waals surface area contributed by atoms with Crippen LogP contribution in [0.15, 0.2) is 0 Å². The zero-order valence-corrected chi connectivity index (χ0v) is 8.37. The Morgan fingerprint density at radius 1 is 1.69 bits per heavy atom. The van der Waals surface area contributed by atoms with Crippen LogP contribution in [0.1, 0.15) is 32.6 Å². The molecule has 0 radical (unpaired) electrons. The smallest absolute Gasteiger partial charge is 0.0638 e. The molecular formula is C10H19N3. The Labute approximate surface area is 80.5 Å². The molecule has 0 saturated carbocycles. The minimum absolute atomic E-state index is 0.321. The highest BCUT2D eigenvalue weighted by molar-refractivity contribution is 4.86. The van der Waals surface area contributed by atoms with E-state index < -0.39 is 0 Å². The zero-order chi connectivity index (χ0) is 9.68. The number of likely N-dealkylation sites (tertiary alicyclic amines) is 1.